The molecule has 0 saturated carbocycles. The molecule has 1 aromatic heterocycles. The van der Waals surface area contributed by atoms with Crippen LogP contribution in [0.15, 0.2) is 90.1 Å². The standard InChI is InChI=1S/C27H25FN2O/c1-19-8-7-9-22(16-19)18-31-29-20(2)26-17-27(23-12-14-24(28)15-13-23)30(21(26)3)25-10-5-4-6-11-25/h4-17H,18H2,1-3H3/b29-20-. The monoisotopic (exact) mass is 412 g/mol. The van der Waals surface area contributed by atoms with Gasteiger partial charge in [-0.25, -0.2) is 4.39 Å². The molecule has 4 aromatic rings. The van der Waals surface area contributed by atoms with Crippen LogP contribution in [0.5, 0.6) is 0 Å². The van der Waals surface area contributed by atoms with Gasteiger partial charge in [0.05, 0.1) is 11.4 Å². The van der Waals surface area contributed by atoms with Crippen LogP contribution in [0.1, 0.15) is 29.3 Å². The molecule has 0 aliphatic rings. The minimum absolute atomic E-state index is 0.249. The van der Waals surface area contributed by atoms with E-state index in [1.54, 1.807) is 12.1 Å². The maximum atomic E-state index is 13.5. The SMILES string of the molecule is C/C(=N/OCc1cccc(C)c1)c1cc(-c2ccc(F)cc2)n(-c2ccccc2)c1C. The number of hydrogen-bond acceptors (Lipinski definition) is 2. The predicted molar refractivity (Wildman–Crippen MR) is 124 cm³/mol. The molecule has 0 fully saturated rings. The highest BCUT2D eigenvalue weighted by atomic mass is 19.1. The first-order chi connectivity index (χ1) is 15.0. The highest BCUT2D eigenvalue weighted by Crippen LogP contribution is 2.30. The van der Waals surface area contributed by atoms with Crippen LogP contribution in [0.2, 0.25) is 0 Å². The number of para-hydroxylation sites is 1. The first-order valence-electron chi connectivity index (χ1n) is 10.3. The van der Waals surface area contributed by atoms with E-state index in [9.17, 15) is 4.39 Å². The zero-order chi connectivity index (χ0) is 21.8. The molecule has 0 atom stereocenters. The van der Waals surface area contributed by atoms with Crippen molar-refractivity contribution in [2.45, 2.75) is 27.4 Å². The van der Waals surface area contributed by atoms with Crippen molar-refractivity contribution in [3.05, 3.63) is 113 Å². The first kappa shape index (κ1) is 20.6. The number of aromatic nitrogens is 1. The number of rotatable bonds is 6. The second-order valence-corrected chi connectivity index (χ2v) is 7.65. The predicted octanol–water partition coefficient (Wildman–Crippen LogP) is 6.84. The van der Waals surface area contributed by atoms with Crippen molar-refractivity contribution in [1.82, 2.24) is 4.57 Å². The van der Waals surface area contributed by atoms with Gasteiger partial charge in [0.15, 0.2) is 0 Å². The Bertz CT molecular complexity index is 1210. The van der Waals surface area contributed by atoms with Gasteiger partial charge in [-0.15, -0.1) is 0 Å². The molecule has 0 aliphatic heterocycles. The molecule has 3 nitrogen and oxygen atoms in total. The topological polar surface area (TPSA) is 26.5 Å². The number of aryl methyl sites for hydroxylation is 1. The molecule has 0 aliphatic carbocycles. The van der Waals surface area contributed by atoms with E-state index in [1.165, 1.54) is 17.7 Å². The van der Waals surface area contributed by atoms with Gasteiger partial charge in [0.2, 0.25) is 0 Å². The van der Waals surface area contributed by atoms with Gasteiger partial charge >= 0.3 is 0 Å². The van der Waals surface area contributed by atoms with Gasteiger partial charge in [0.1, 0.15) is 12.4 Å². The highest BCUT2D eigenvalue weighted by molar-refractivity contribution is 6.01. The Morgan fingerprint density at radius 3 is 2.35 bits per heavy atom. The second-order valence-electron chi connectivity index (χ2n) is 7.65. The molecular weight excluding hydrogens is 387 g/mol. The lowest BCUT2D eigenvalue weighted by molar-refractivity contribution is 0.130. The van der Waals surface area contributed by atoms with E-state index in [0.717, 1.165) is 39.5 Å². The minimum atomic E-state index is -0.249. The molecule has 0 spiro atoms. The van der Waals surface area contributed by atoms with Gasteiger partial charge in [-0.1, -0.05) is 53.2 Å². The number of halogens is 1. The fourth-order valence-electron chi connectivity index (χ4n) is 3.77. The van der Waals surface area contributed by atoms with Crippen LogP contribution in [-0.4, -0.2) is 10.3 Å². The first-order valence-corrected chi connectivity index (χ1v) is 10.3. The molecule has 0 N–H and O–H groups in total. The van der Waals surface area contributed by atoms with E-state index in [0.29, 0.717) is 6.61 Å². The summed E-state index contributed by atoms with van der Waals surface area (Å²) in [6.07, 6.45) is 0. The van der Waals surface area contributed by atoms with Crippen LogP contribution >= 0.6 is 0 Å². The van der Waals surface area contributed by atoms with E-state index in [4.69, 9.17) is 4.84 Å². The molecule has 0 saturated heterocycles. The summed E-state index contributed by atoms with van der Waals surface area (Å²) in [4.78, 5) is 5.65. The maximum Gasteiger partial charge on any atom is 0.142 e. The molecule has 0 unspecified atom stereocenters. The van der Waals surface area contributed by atoms with Crippen molar-refractivity contribution in [3.63, 3.8) is 0 Å². The van der Waals surface area contributed by atoms with Crippen molar-refractivity contribution in [2.24, 2.45) is 5.16 Å². The van der Waals surface area contributed by atoms with Gasteiger partial charge in [0, 0.05) is 16.9 Å². The molecule has 31 heavy (non-hydrogen) atoms. The molecule has 0 bridgehead atoms. The zero-order valence-corrected chi connectivity index (χ0v) is 18.0. The number of benzene rings is 3. The van der Waals surface area contributed by atoms with Crippen LogP contribution < -0.4 is 0 Å². The Morgan fingerprint density at radius 2 is 1.65 bits per heavy atom. The van der Waals surface area contributed by atoms with Crippen LogP contribution in [0.25, 0.3) is 16.9 Å². The molecule has 0 amide bonds. The summed E-state index contributed by atoms with van der Waals surface area (Å²) in [6.45, 7) is 6.49. The lowest BCUT2D eigenvalue weighted by Crippen LogP contribution is -2.02. The van der Waals surface area contributed by atoms with Crippen LogP contribution in [0, 0.1) is 19.7 Å². The van der Waals surface area contributed by atoms with Crippen molar-refractivity contribution in [1.29, 1.82) is 0 Å². The zero-order valence-electron chi connectivity index (χ0n) is 18.0. The van der Waals surface area contributed by atoms with Crippen molar-refractivity contribution < 1.29 is 9.23 Å². The Morgan fingerprint density at radius 1 is 0.903 bits per heavy atom. The van der Waals surface area contributed by atoms with Crippen molar-refractivity contribution >= 4 is 5.71 Å². The fraction of sp³-hybridized carbons (Fsp3) is 0.148. The molecule has 4 heteroatoms. The van der Waals surface area contributed by atoms with E-state index >= 15 is 0 Å². The summed E-state index contributed by atoms with van der Waals surface area (Å²) in [5.41, 5.74) is 8.07. The third-order valence-electron chi connectivity index (χ3n) is 5.31. The van der Waals surface area contributed by atoms with Crippen LogP contribution in [0.4, 0.5) is 4.39 Å². The van der Waals surface area contributed by atoms with Crippen molar-refractivity contribution in [3.8, 4) is 16.9 Å². The summed E-state index contributed by atoms with van der Waals surface area (Å²) < 4.78 is 15.7. The lowest BCUT2D eigenvalue weighted by atomic mass is 10.1. The summed E-state index contributed by atoms with van der Waals surface area (Å²) in [5.74, 6) is -0.249. The van der Waals surface area contributed by atoms with E-state index < -0.39 is 0 Å². The summed E-state index contributed by atoms with van der Waals surface area (Å²) in [5, 5.41) is 4.38. The van der Waals surface area contributed by atoms with Crippen LogP contribution in [0.3, 0.4) is 0 Å². The quantitative estimate of drug-likeness (QED) is 0.251. The molecule has 3 aromatic carbocycles. The Kier molecular flexibility index (Phi) is 5.99. The van der Waals surface area contributed by atoms with E-state index in [-0.39, 0.29) is 5.82 Å². The summed E-state index contributed by atoms with van der Waals surface area (Å²) >= 11 is 0. The molecule has 1 heterocycles. The van der Waals surface area contributed by atoms with E-state index in [1.807, 2.05) is 37.3 Å². The molecule has 156 valence electrons. The van der Waals surface area contributed by atoms with Gasteiger partial charge in [-0.2, -0.15) is 0 Å². The molecular formula is C27H25FN2O. The average Bonchev–Trinajstić information content (AvgIpc) is 3.12. The normalized spacial score (nSPS) is 11.5. The number of hydrogen-bond donors (Lipinski definition) is 0. The summed E-state index contributed by atoms with van der Waals surface area (Å²) in [6, 6.07) is 27.0. The number of oxime groups is 1. The fourth-order valence-corrected chi connectivity index (χ4v) is 3.77. The Labute approximate surface area is 182 Å². The van der Waals surface area contributed by atoms with Crippen LogP contribution in [-0.2, 0) is 11.4 Å². The van der Waals surface area contributed by atoms with E-state index in [2.05, 4.69) is 53.9 Å². The highest BCUT2D eigenvalue weighted by Gasteiger charge is 2.17. The van der Waals surface area contributed by atoms with Gasteiger partial charge in [0.25, 0.3) is 0 Å². The second kappa shape index (κ2) is 9.00. The maximum absolute atomic E-state index is 13.5. The van der Waals surface area contributed by atoms with Crippen molar-refractivity contribution in [2.75, 3.05) is 0 Å². The summed E-state index contributed by atoms with van der Waals surface area (Å²) in [7, 11) is 0. The lowest BCUT2D eigenvalue weighted by Gasteiger charge is -2.12. The Hall–Kier alpha value is -3.66. The molecule has 0 radical (unpaired) electrons. The smallest absolute Gasteiger partial charge is 0.142 e. The average molecular weight is 413 g/mol. The van der Waals surface area contributed by atoms with Gasteiger partial charge in [-0.3, -0.25) is 0 Å². The van der Waals surface area contributed by atoms with Gasteiger partial charge < -0.3 is 9.40 Å². The third kappa shape index (κ3) is 4.58. The number of nitrogens with zero attached hydrogens (tertiary/aromatic N) is 2. The molecule has 4 rings (SSSR count). The van der Waals surface area contributed by atoms with Gasteiger partial charge in [-0.05, 0) is 74.4 Å². The third-order valence-corrected chi connectivity index (χ3v) is 5.31. The largest absolute Gasteiger partial charge is 0.391 e. The minimum Gasteiger partial charge on any atom is -0.391 e. The Balaban J connectivity index is 1.70.